The number of benzene rings is 1. The van der Waals surface area contributed by atoms with Crippen molar-refractivity contribution in [3.8, 4) is 0 Å². The van der Waals surface area contributed by atoms with Crippen LogP contribution in [0.3, 0.4) is 0 Å². The Morgan fingerprint density at radius 2 is 1.96 bits per heavy atom. The summed E-state index contributed by atoms with van der Waals surface area (Å²) in [5, 5.41) is 32.8. The van der Waals surface area contributed by atoms with Gasteiger partial charge in [-0.1, -0.05) is 42.4 Å². The molecule has 0 saturated carbocycles. The normalized spacial score (nSPS) is 22.6. The topological polar surface area (TPSA) is 190 Å². The molecule has 2 aliphatic heterocycles. The number of nitrogens with one attached hydrogen (secondary N) is 2. The van der Waals surface area contributed by atoms with Gasteiger partial charge in [0, 0.05) is 32.1 Å². The second-order valence-electron chi connectivity index (χ2n) is 11.6. The van der Waals surface area contributed by atoms with E-state index in [1.54, 1.807) is 17.6 Å². The number of amides is 1. The van der Waals surface area contributed by atoms with E-state index in [0.29, 0.717) is 73.7 Å². The fraction of sp³-hybridized carbons (Fsp3) is 0.484. The van der Waals surface area contributed by atoms with Gasteiger partial charge in [-0.25, -0.2) is 4.98 Å². The summed E-state index contributed by atoms with van der Waals surface area (Å²) in [5.41, 5.74) is 2.51. The summed E-state index contributed by atoms with van der Waals surface area (Å²) < 4.78 is 18.2. The fourth-order valence-corrected chi connectivity index (χ4v) is 5.94. The molecule has 0 bridgehead atoms. The minimum absolute atomic E-state index is 0.0175. The minimum Gasteiger partial charge on any atom is -0.466 e. The maximum Gasteiger partial charge on any atom is 0.293 e. The molecule has 4 aromatic rings. The third-order valence-electron chi connectivity index (χ3n) is 8.46. The van der Waals surface area contributed by atoms with Crippen molar-refractivity contribution in [2.45, 2.75) is 76.2 Å². The summed E-state index contributed by atoms with van der Waals surface area (Å²) in [7, 11) is 0. The number of imidazole rings is 1. The third kappa shape index (κ3) is 6.66. The van der Waals surface area contributed by atoms with E-state index in [1.165, 1.54) is 6.33 Å². The van der Waals surface area contributed by atoms with Gasteiger partial charge in [-0.2, -0.15) is 9.97 Å². The standard InChI is InChI=1S/C31H38N8O7/c1-3-20-14-23(46-37-20)27-25(42)26(43)30(45-27)39-16-32-24-28(33-21-9-11-38(12-10-21)18(2)41)35-31(36-29(24)39)34-22(15-44-17-40)13-19-7-5-4-6-8-19/h4-8,14,16-17,21-22,25-27,30,42-43H,3,9-13,15H2,1-2H3,(H2,33,34,35,36)/t22-,25-,26+,27+,30+/m0/s1. The number of rotatable bonds is 12. The first kappa shape index (κ1) is 31.4. The van der Waals surface area contributed by atoms with Crippen LogP contribution in [0.4, 0.5) is 11.8 Å². The molecule has 244 valence electrons. The molecule has 46 heavy (non-hydrogen) atoms. The Bertz CT molecular complexity index is 1640. The van der Waals surface area contributed by atoms with E-state index in [9.17, 15) is 19.8 Å². The number of fused-ring (bicyclic) bond motifs is 1. The molecule has 5 heterocycles. The van der Waals surface area contributed by atoms with Gasteiger partial charge in [0.2, 0.25) is 11.9 Å². The van der Waals surface area contributed by atoms with Crippen LogP contribution in [0.1, 0.15) is 56.0 Å². The molecule has 6 rings (SSSR count). The molecule has 3 aromatic heterocycles. The Kier molecular flexibility index (Phi) is 9.42. The zero-order valence-corrected chi connectivity index (χ0v) is 25.7. The van der Waals surface area contributed by atoms with Crippen molar-refractivity contribution in [1.82, 2.24) is 29.6 Å². The van der Waals surface area contributed by atoms with E-state index >= 15 is 0 Å². The molecule has 4 N–H and O–H groups in total. The van der Waals surface area contributed by atoms with E-state index in [-0.39, 0.29) is 30.5 Å². The van der Waals surface area contributed by atoms with Gasteiger partial charge >= 0.3 is 0 Å². The zero-order valence-electron chi connectivity index (χ0n) is 25.7. The van der Waals surface area contributed by atoms with Gasteiger partial charge in [-0.3, -0.25) is 14.2 Å². The van der Waals surface area contributed by atoms with E-state index in [2.05, 4.69) is 20.8 Å². The van der Waals surface area contributed by atoms with Crippen molar-refractivity contribution < 1.29 is 33.8 Å². The van der Waals surface area contributed by atoms with Gasteiger partial charge in [0.05, 0.1) is 18.1 Å². The van der Waals surface area contributed by atoms with Crippen molar-refractivity contribution in [3.05, 3.63) is 59.7 Å². The quantitative estimate of drug-likeness (QED) is 0.166. The summed E-state index contributed by atoms with van der Waals surface area (Å²) in [5.74, 6) is 1.04. The number of likely N-dealkylation sites (tertiary alicyclic amines) is 1. The molecule has 2 fully saturated rings. The van der Waals surface area contributed by atoms with Crippen molar-refractivity contribution in [1.29, 1.82) is 0 Å². The molecular formula is C31H38N8O7. The van der Waals surface area contributed by atoms with Crippen molar-refractivity contribution in [2.24, 2.45) is 0 Å². The first-order chi connectivity index (χ1) is 22.3. The Hall–Kier alpha value is -4.60. The van der Waals surface area contributed by atoms with Crippen molar-refractivity contribution >= 4 is 35.3 Å². The Morgan fingerprint density at radius 3 is 2.65 bits per heavy atom. The second-order valence-corrected chi connectivity index (χ2v) is 11.6. The summed E-state index contributed by atoms with van der Waals surface area (Å²) in [4.78, 5) is 38.9. The first-order valence-electron chi connectivity index (χ1n) is 15.4. The van der Waals surface area contributed by atoms with Crippen LogP contribution in [-0.2, 0) is 31.9 Å². The molecule has 0 unspecified atom stereocenters. The molecule has 5 atom stereocenters. The first-order valence-corrected chi connectivity index (χ1v) is 15.4. The van der Waals surface area contributed by atoms with Crippen LogP contribution in [0.15, 0.2) is 47.2 Å². The van der Waals surface area contributed by atoms with E-state index < -0.39 is 24.5 Å². The highest BCUT2D eigenvalue weighted by Gasteiger charge is 2.47. The van der Waals surface area contributed by atoms with Crippen LogP contribution < -0.4 is 10.6 Å². The van der Waals surface area contributed by atoms with Gasteiger partial charge in [0.15, 0.2) is 29.0 Å². The minimum atomic E-state index is -1.33. The SMILES string of the molecule is CCc1cc([C@H]2O[C@@H](n3cnc4c(NC5CCN(C(C)=O)CC5)nc(N[C@H](COC=O)Cc5ccccc5)nc43)[C@H](O)[C@@H]2O)on1. The van der Waals surface area contributed by atoms with Gasteiger partial charge in [-0.15, -0.1) is 0 Å². The number of nitrogens with zero attached hydrogens (tertiary/aromatic N) is 6. The van der Waals surface area contributed by atoms with Crippen LogP contribution in [0.5, 0.6) is 0 Å². The summed E-state index contributed by atoms with van der Waals surface area (Å²) >= 11 is 0. The number of carbonyl (C=O) groups excluding carboxylic acids is 2. The molecule has 1 aromatic carbocycles. The number of aliphatic hydroxyl groups excluding tert-OH is 2. The lowest BCUT2D eigenvalue weighted by atomic mass is 10.1. The van der Waals surface area contributed by atoms with Gasteiger partial charge in [0.25, 0.3) is 6.47 Å². The molecular weight excluding hydrogens is 596 g/mol. The number of aryl methyl sites for hydroxylation is 1. The number of anilines is 2. The van der Waals surface area contributed by atoms with Gasteiger partial charge < -0.3 is 39.7 Å². The zero-order chi connectivity index (χ0) is 32.2. The molecule has 2 aliphatic rings. The largest absolute Gasteiger partial charge is 0.466 e. The lowest BCUT2D eigenvalue weighted by molar-refractivity contribution is -0.130. The summed E-state index contributed by atoms with van der Waals surface area (Å²) in [6.07, 6.45) is -0.535. The second kappa shape index (κ2) is 13.8. The maximum atomic E-state index is 11.9. The van der Waals surface area contributed by atoms with Crippen LogP contribution >= 0.6 is 0 Å². The van der Waals surface area contributed by atoms with Crippen LogP contribution in [-0.4, -0.2) is 96.2 Å². The Balaban J connectivity index is 1.33. The predicted molar refractivity (Wildman–Crippen MR) is 165 cm³/mol. The molecule has 0 radical (unpaired) electrons. The number of ether oxygens (including phenoxy) is 2. The number of carbonyl (C=O) groups is 2. The van der Waals surface area contributed by atoms with E-state index in [1.807, 2.05) is 42.2 Å². The molecule has 15 heteroatoms. The summed E-state index contributed by atoms with van der Waals surface area (Å²) in [6, 6.07) is 11.1. The summed E-state index contributed by atoms with van der Waals surface area (Å²) in [6.45, 7) is 5.20. The fourth-order valence-electron chi connectivity index (χ4n) is 5.94. The lowest BCUT2D eigenvalue weighted by Gasteiger charge is -2.32. The highest BCUT2D eigenvalue weighted by atomic mass is 16.6. The smallest absolute Gasteiger partial charge is 0.293 e. The van der Waals surface area contributed by atoms with E-state index in [0.717, 1.165) is 5.56 Å². The van der Waals surface area contributed by atoms with Crippen LogP contribution in [0.2, 0.25) is 0 Å². The molecule has 2 saturated heterocycles. The molecule has 0 aliphatic carbocycles. The number of hydrogen-bond acceptors (Lipinski definition) is 13. The van der Waals surface area contributed by atoms with Crippen LogP contribution in [0.25, 0.3) is 11.2 Å². The van der Waals surface area contributed by atoms with Crippen molar-refractivity contribution in [3.63, 3.8) is 0 Å². The predicted octanol–water partition coefficient (Wildman–Crippen LogP) is 1.99. The Morgan fingerprint density at radius 1 is 1.17 bits per heavy atom. The highest BCUT2D eigenvalue weighted by molar-refractivity contribution is 5.84. The average molecular weight is 635 g/mol. The number of aliphatic hydroxyl groups is 2. The molecule has 0 spiro atoms. The van der Waals surface area contributed by atoms with Crippen LogP contribution in [0, 0.1) is 0 Å². The van der Waals surface area contributed by atoms with Gasteiger partial charge in [0.1, 0.15) is 24.9 Å². The number of aromatic nitrogens is 5. The van der Waals surface area contributed by atoms with E-state index in [4.69, 9.17) is 24.0 Å². The number of piperidine rings is 1. The third-order valence-corrected chi connectivity index (χ3v) is 8.46. The highest BCUT2D eigenvalue weighted by Crippen LogP contribution is 2.40. The monoisotopic (exact) mass is 634 g/mol. The molecule has 1 amide bonds. The lowest BCUT2D eigenvalue weighted by Crippen LogP contribution is -2.41. The number of hydrogen-bond donors (Lipinski definition) is 4. The average Bonchev–Trinajstić information content (AvgIpc) is 3.78. The molecule has 15 nitrogen and oxygen atoms in total. The Labute approximate surface area is 264 Å². The van der Waals surface area contributed by atoms with Crippen molar-refractivity contribution in [2.75, 3.05) is 30.3 Å². The van der Waals surface area contributed by atoms with Gasteiger partial charge in [-0.05, 0) is 31.2 Å². The maximum absolute atomic E-state index is 11.9.